The number of ether oxygens (including phenoxy) is 3. The summed E-state index contributed by atoms with van der Waals surface area (Å²) in [6.07, 6.45) is 11.4. The third kappa shape index (κ3) is 16.3. The van der Waals surface area contributed by atoms with Crippen molar-refractivity contribution < 1.29 is 42.2 Å². The lowest BCUT2D eigenvalue weighted by atomic mass is 9.76. The number of carbonyl (C=O) groups excluding carboxylic acids is 4. The SMILES string of the molecule is CCC(C=O)CCCC(CF)NC(=O)OC(C)(C)C.CN1CCC(C2CCCCC2)C1C(=O)Nc1ccc2oc(C=O)cc2c1.COCCN1CCOCC1. The van der Waals surface area contributed by atoms with Gasteiger partial charge in [0.2, 0.25) is 5.91 Å². The van der Waals surface area contributed by atoms with Crippen molar-refractivity contribution >= 4 is 41.2 Å². The van der Waals surface area contributed by atoms with Gasteiger partial charge in [0.25, 0.3) is 0 Å². The number of fused-ring (bicyclic) bond motifs is 1. The average Bonchev–Trinajstić information content (AvgIpc) is 3.78. The number of carbonyl (C=O) groups is 4. The predicted octanol–water partition coefficient (Wildman–Crippen LogP) is 7.29. The Morgan fingerprint density at radius 1 is 1.04 bits per heavy atom. The normalized spacial score (nSPS) is 20.6. The van der Waals surface area contributed by atoms with E-state index in [9.17, 15) is 23.6 Å². The number of likely N-dealkylation sites (N-methyl/N-ethyl adjacent to an activating group) is 1. The Bertz CT molecular complexity index is 1440. The van der Waals surface area contributed by atoms with Gasteiger partial charge in [-0.3, -0.25) is 19.4 Å². The molecule has 2 amide bonds. The lowest BCUT2D eigenvalue weighted by molar-refractivity contribution is -0.121. The lowest BCUT2D eigenvalue weighted by Crippen LogP contribution is -2.43. The van der Waals surface area contributed by atoms with Crippen molar-refractivity contribution in [3.05, 3.63) is 30.0 Å². The molecule has 2 saturated heterocycles. The molecule has 3 heterocycles. The number of aldehydes is 2. The molecule has 2 aromatic rings. The van der Waals surface area contributed by atoms with E-state index in [-0.39, 0.29) is 17.9 Å². The number of alkyl halides is 1. The van der Waals surface area contributed by atoms with E-state index in [1.54, 1.807) is 40.0 Å². The highest BCUT2D eigenvalue weighted by molar-refractivity contribution is 5.97. The second-order valence-electron chi connectivity index (χ2n) is 16.0. The van der Waals surface area contributed by atoms with Crippen LogP contribution in [0.5, 0.6) is 0 Å². The zero-order chi connectivity index (χ0) is 40.2. The van der Waals surface area contributed by atoms with Crippen molar-refractivity contribution in [3.63, 3.8) is 0 Å². The number of anilines is 1. The summed E-state index contributed by atoms with van der Waals surface area (Å²) in [4.78, 5) is 50.6. The highest BCUT2D eigenvalue weighted by Gasteiger charge is 2.41. The van der Waals surface area contributed by atoms with E-state index in [0.29, 0.717) is 42.3 Å². The average molecular weight is 775 g/mol. The minimum Gasteiger partial charge on any atom is -0.453 e. The predicted molar refractivity (Wildman–Crippen MR) is 213 cm³/mol. The first-order valence-electron chi connectivity index (χ1n) is 20.2. The van der Waals surface area contributed by atoms with Gasteiger partial charge in [-0.1, -0.05) is 45.4 Å². The Morgan fingerprint density at radius 2 is 1.76 bits per heavy atom. The number of hydrogen-bond acceptors (Lipinski definition) is 10. The van der Waals surface area contributed by atoms with Gasteiger partial charge in [-0.15, -0.1) is 0 Å². The van der Waals surface area contributed by atoms with Crippen LogP contribution in [0.25, 0.3) is 11.0 Å². The molecule has 12 nitrogen and oxygen atoms in total. The minimum absolute atomic E-state index is 0.0294. The first-order valence-corrected chi connectivity index (χ1v) is 20.2. The topological polar surface area (TPSA) is 140 Å². The molecule has 0 radical (unpaired) electrons. The van der Waals surface area contributed by atoms with E-state index < -0.39 is 24.4 Å². The maximum absolute atomic E-state index is 13.0. The summed E-state index contributed by atoms with van der Waals surface area (Å²) in [6.45, 7) is 13.3. The molecule has 2 aliphatic heterocycles. The number of alkyl carbamates (subject to hydrolysis) is 1. The Balaban J connectivity index is 0.000000245. The maximum Gasteiger partial charge on any atom is 0.407 e. The molecule has 4 atom stereocenters. The summed E-state index contributed by atoms with van der Waals surface area (Å²) in [5.74, 6) is 1.55. The quantitative estimate of drug-likeness (QED) is 0.177. The Kier molecular flexibility index (Phi) is 20.3. The van der Waals surface area contributed by atoms with E-state index in [4.69, 9.17) is 18.6 Å². The summed E-state index contributed by atoms with van der Waals surface area (Å²) in [7, 11) is 3.79. The van der Waals surface area contributed by atoms with Crippen LogP contribution in [0.4, 0.5) is 14.9 Å². The van der Waals surface area contributed by atoms with Gasteiger partial charge in [-0.05, 0) is 96.1 Å². The van der Waals surface area contributed by atoms with Crippen LogP contribution in [0.15, 0.2) is 28.7 Å². The molecule has 3 fully saturated rings. The van der Waals surface area contributed by atoms with Crippen LogP contribution in [-0.4, -0.2) is 119 Å². The molecule has 55 heavy (non-hydrogen) atoms. The second kappa shape index (κ2) is 24.3. The number of nitrogens with one attached hydrogen (secondary N) is 2. The number of methoxy groups -OCH3 is 1. The first kappa shape index (κ1) is 46.0. The number of benzene rings is 1. The van der Waals surface area contributed by atoms with E-state index in [0.717, 1.165) is 82.6 Å². The molecule has 1 aliphatic carbocycles. The van der Waals surface area contributed by atoms with Crippen LogP contribution >= 0.6 is 0 Å². The highest BCUT2D eigenvalue weighted by atomic mass is 19.1. The van der Waals surface area contributed by atoms with Gasteiger partial charge in [-0.25, -0.2) is 9.18 Å². The van der Waals surface area contributed by atoms with E-state index >= 15 is 0 Å². The van der Waals surface area contributed by atoms with Gasteiger partial charge in [0.05, 0.1) is 31.9 Å². The van der Waals surface area contributed by atoms with Crippen molar-refractivity contribution in [3.8, 4) is 0 Å². The number of furan rings is 1. The molecular weight excluding hydrogens is 707 g/mol. The van der Waals surface area contributed by atoms with Crippen LogP contribution in [0.1, 0.15) is 102 Å². The number of hydrogen-bond donors (Lipinski definition) is 2. The summed E-state index contributed by atoms with van der Waals surface area (Å²) < 4.78 is 33.4. The number of likely N-dealkylation sites (tertiary alicyclic amines) is 1. The van der Waals surface area contributed by atoms with Crippen LogP contribution in [-0.2, 0) is 23.8 Å². The molecule has 1 aromatic heterocycles. The van der Waals surface area contributed by atoms with Gasteiger partial charge in [0.1, 0.15) is 24.1 Å². The fraction of sp³-hybridized carbons (Fsp3) is 0.714. The molecule has 0 bridgehead atoms. The molecule has 1 saturated carbocycles. The lowest BCUT2D eigenvalue weighted by Gasteiger charge is -2.32. The van der Waals surface area contributed by atoms with E-state index in [2.05, 4.69) is 27.5 Å². The highest BCUT2D eigenvalue weighted by Crippen LogP contribution is 2.39. The Morgan fingerprint density at radius 3 is 2.38 bits per heavy atom. The van der Waals surface area contributed by atoms with Gasteiger partial charge >= 0.3 is 6.09 Å². The Labute approximate surface area is 327 Å². The number of nitrogens with zero attached hydrogens (tertiary/aromatic N) is 2. The van der Waals surface area contributed by atoms with E-state index in [1.807, 2.05) is 19.1 Å². The monoisotopic (exact) mass is 774 g/mol. The van der Waals surface area contributed by atoms with Gasteiger partial charge in [-0.2, -0.15) is 0 Å². The number of amides is 2. The van der Waals surface area contributed by atoms with Crippen molar-refractivity contribution in [2.75, 3.05) is 72.1 Å². The molecule has 310 valence electrons. The molecule has 2 N–H and O–H groups in total. The van der Waals surface area contributed by atoms with Crippen molar-refractivity contribution in [1.82, 2.24) is 15.1 Å². The van der Waals surface area contributed by atoms with Gasteiger partial charge in [0, 0.05) is 43.7 Å². The second-order valence-corrected chi connectivity index (χ2v) is 16.0. The fourth-order valence-corrected chi connectivity index (χ4v) is 7.54. The third-order valence-electron chi connectivity index (χ3n) is 10.6. The van der Waals surface area contributed by atoms with Crippen LogP contribution in [0.2, 0.25) is 0 Å². The first-order chi connectivity index (χ1) is 26.4. The standard InChI is InChI=1S/C21H26N2O3.C14H26FNO3.C7H15NO2/c1-23-10-9-18(14-5-3-2-4-6-14)20(23)21(25)22-16-7-8-19-15(11-16)12-17(13-24)26-19;1-5-11(10-17)7-6-8-12(9-15)16-13(18)19-14(2,3)4;1-9-5-2-8-3-6-10-7-4-8/h7-8,11-14,18,20H,2-6,9-10H2,1H3,(H,22,25);10-12H,5-9H2,1-4H3,(H,16,18);2-7H2,1H3. The third-order valence-corrected chi connectivity index (χ3v) is 10.6. The fourth-order valence-electron chi connectivity index (χ4n) is 7.54. The van der Waals surface area contributed by atoms with Gasteiger partial charge < -0.3 is 34.1 Å². The van der Waals surface area contributed by atoms with E-state index in [1.165, 1.54) is 32.1 Å². The van der Waals surface area contributed by atoms with Crippen LogP contribution in [0, 0.1) is 17.8 Å². The number of rotatable bonds is 15. The summed E-state index contributed by atoms with van der Waals surface area (Å²) in [6, 6.07) is 6.61. The molecule has 0 spiro atoms. The van der Waals surface area contributed by atoms with Crippen molar-refractivity contribution in [1.29, 1.82) is 0 Å². The molecule has 3 aliphatic rings. The number of halogens is 1. The van der Waals surface area contributed by atoms with Crippen LogP contribution in [0.3, 0.4) is 0 Å². The van der Waals surface area contributed by atoms with Gasteiger partial charge in [0.15, 0.2) is 12.0 Å². The molecular formula is C42H67FN4O8. The van der Waals surface area contributed by atoms with Crippen molar-refractivity contribution in [2.45, 2.75) is 110 Å². The van der Waals surface area contributed by atoms with Crippen LogP contribution < -0.4 is 10.6 Å². The van der Waals surface area contributed by atoms with Crippen molar-refractivity contribution in [2.24, 2.45) is 17.8 Å². The molecule has 4 unspecified atom stereocenters. The summed E-state index contributed by atoms with van der Waals surface area (Å²) in [5.41, 5.74) is 0.821. The molecule has 5 rings (SSSR count). The maximum atomic E-state index is 13.0. The Hall–Kier alpha value is -3.39. The minimum atomic E-state index is -0.628. The summed E-state index contributed by atoms with van der Waals surface area (Å²) >= 11 is 0. The zero-order valence-corrected chi connectivity index (χ0v) is 34.1. The smallest absolute Gasteiger partial charge is 0.407 e. The zero-order valence-electron chi connectivity index (χ0n) is 34.1. The molecule has 1 aromatic carbocycles. The molecule has 13 heteroatoms. The summed E-state index contributed by atoms with van der Waals surface area (Å²) in [5, 5.41) is 6.43. The number of morpholine rings is 1. The largest absolute Gasteiger partial charge is 0.453 e.